The van der Waals surface area contributed by atoms with E-state index < -0.39 is 17.9 Å². The number of carbonyl (C=O) groups is 3. The second-order valence-electron chi connectivity index (χ2n) is 7.83. The van der Waals surface area contributed by atoms with Gasteiger partial charge in [-0.3, -0.25) is 24.6 Å². The third-order valence-electron chi connectivity index (χ3n) is 5.72. The molecule has 1 aromatic heterocycles. The maximum absolute atomic E-state index is 13.3. The van der Waals surface area contributed by atoms with Crippen LogP contribution in [0.5, 0.6) is 0 Å². The number of nitrogens with one attached hydrogen (secondary N) is 1. The van der Waals surface area contributed by atoms with Crippen molar-refractivity contribution in [3.63, 3.8) is 0 Å². The molecular weight excluding hydrogens is 379 g/mol. The molecule has 1 aromatic rings. The number of ketones is 1. The van der Waals surface area contributed by atoms with E-state index in [9.17, 15) is 24.0 Å². The zero-order chi connectivity index (χ0) is 20.8. The highest BCUT2D eigenvalue weighted by Crippen LogP contribution is 2.31. The number of halogens is 1. The van der Waals surface area contributed by atoms with E-state index in [1.54, 1.807) is 6.07 Å². The minimum absolute atomic E-state index is 0.0678. The van der Waals surface area contributed by atoms with Crippen molar-refractivity contribution >= 4 is 18.1 Å². The Kier molecular flexibility index (Phi) is 7.27. The molecule has 1 aliphatic heterocycles. The third-order valence-corrected chi connectivity index (χ3v) is 5.72. The lowest BCUT2D eigenvalue weighted by molar-refractivity contribution is -0.159. The maximum Gasteiger partial charge on any atom is 0.242 e. The Morgan fingerprint density at radius 1 is 1.34 bits per heavy atom. The fraction of sp³-hybridized carbons (Fsp3) is 0.600. The second kappa shape index (κ2) is 9.89. The predicted molar refractivity (Wildman–Crippen MR) is 101 cm³/mol. The maximum atomic E-state index is 13.3. The molecule has 2 atom stereocenters. The molecule has 1 aliphatic carbocycles. The Balaban J connectivity index is 1.69. The van der Waals surface area contributed by atoms with Crippen molar-refractivity contribution in [1.29, 1.82) is 0 Å². The molecule has 29 heavy (non-hydrogen) atoms. The van der Waals surface area contributed by atoms with Crippen LogP contribution in [0.25, 0.3) is 0 Å². The van der Waals surface area contributed by atoms with Crippen molar-refractivity contribution in [1.82, 2.24) is 20.5 Å². The summed E-state index contributed by atoms with van der Waals surface area (Å²) in [6, 6.07) is 3.60. The fourth-order valence-electron chi connectivity index (χ4n) is 4.31. The van der Waals surface area contributed by atoms with Gasteiger partial charge >= 0.3 is 0 Å². The van der Waals surface area contributed by atoms with Crippen LogP contribution in [0, 0.1) is 17.8 Å². The first-order chi connectivity index (χ1) is 14.0. The monoisotopic (exact) mass is 406 g/mol. The smallest absolute Gasteiger partial charge is 0.242 e. The standard InChI is InChI=1S/C20H27FN4O4/c21-19-7-3-6-16(23-19)11-18(27)17-8-9-22-25(17)20(28)15(12-24(29)13-26)10-14-4-1-2-5-14/h3,6-7,13-15,17,22,29H,1-2,4-5,8-12H2/t15-,17+/m1/s1. The van der Waals surface area contributed by atoms with Crippen LogP contribution in [0.3, 0.4) is 0 Å². The van der Waals surface area contributed by atoms with Crippen molar-refractivity contribution in [3.05, 3.63) is 29.8 Å². The van der Waals surface area contributed by atoms with Crippen LogP contribution in [-0.4, -0.2) is 57.5 Å². The molecule has 0 radical (unpaired) electrons. The summed E-state index contributed by atoms with van der Waals surface area (Å²) in [6.07, 6.45) is 5.51. The lowest BCUT2D eigenvalue weighted by Gasteiger charge is -2.29. The Morgan fingerprint density at radius 2 is 2.10 bits per heavy atom. The molecular formula is C20H27FN4O4. The van der Waals surface area contributed by atoms with Gasteiger partial charge in [-0.05, 0) is 30.9 Å². The minimum Gasteiger partial charge on any atom is -0.297 e. The molecule has 2 fully saturated rings. The molecule has 2 aliphatic rings. The van der Waals surface area contributed by atoms with Crippen molar-refractivity contribution < 1.29 is 24.0 Å². The first-order valence-corrected chi connectivity index (χ1v) is 10.1. The van der Waals surface area contributed by atoms with Crippen LogP contribution in [0.4, 0.5) is 4.39 Å². The molecule has 0 bridgehead atoms. The van der Waals surface area contributed by atoms with Crippen LogP contribution in [0.2, 0.25) is 0 Å². The Bertz CT molecular complexity index is 741. The summed E-state index contributed by atoms with van der Waals surface area (Å²) in [5.41, 5.74) is 3.28. The molecule has 158 valence electrons. The number of hydrazine groups is 1. The lowest BCUT2D eigenvalue weighted by Crippen LogP contribution is -2.51. The van der Waals surface area contributed by atoms with Gasteiger partial charge in [-0.25, -0.2) is 15.5 Å². The Hall–Kier alpha value is -2.39. The normalized spacial score (nSPS) is 20.6. The second-order valence-corrected chi connectivity index (χ2v) is 7.83. The van der Waals surface area contributed by atoms with Gasteiger partial charge in [0.05, 0.1) is 24.6 Å². The number of carbonyl (C=O) groups excluding carboxylic acids is 3. The summed E-state index contributed by atoms with van der Waals surface area (Å²) in [5.74, 6) is -1.40. The lowest BCUT2D eigenvalue weighted by atomic mass is 9.91. The number of rotatable bonds is 9. The van der Waals surface area contributed by atoms with Crippen LogP contribution in [-0.2, 0) is 20.8 Å². The molecule has 2 N–H and O–H groups in total. The van der Waals surface area contributed by atoms with Crippen molar-refractivity contribution in [2.45, 2.75) is 51.0 Å². The quantitative estimate of drug-likeness (QED) is 0.279. The number of Topliss-reactive ketones (excluding diaryl/α,β-unsaturated/α-hetero) is 1. The molecule has 8 nitrogen and oxygen atoms in total. The van der Waals surface area contributed by atoms with Gasteiger partial charge in [-0.2, -0.15) is 4.39 Å². The summed E-state index contributed by atoms with van der Waals surface area (Å²) >= 11 is 0. The van der Waals surface area contributed by atoms with E-state index in [0.717, 1.165) is 25.7 Å². The Morgan fingerprint density at radius 3 is 2.79 bits per heavy atom. The van der Waals surface area contributed by atoms with Gasteiger partial charge in [-0.1, -0.05) is 31.7 Å². The largest absolute Gasteiger partial charge is 0.297 e. The molecule has 3 rings (SSSR count). The molecule has 0 unspecified atom stereocenters. The highest BCUT2D eigenvalue weighted by Gasteiger charge is 2.38. The van der Waals surface area contributed by atoms with Gasteiger partial charge in [0, 0.05) is 6.54 Å². The summed E-state index contributed by atoms with van der Waals surface area (Å²) in [6.45, 7) is 0.356. The first kappa shape index (κ1) is 21.3. The number of nitrogens with zero attached hydrogens (tertiary/aromatic N) is 3. The molecule has 1 saturated heterocycles. The number of amides is 2. The first-order valence-electron chi connectivity index (χ1n) is 10.1. The van der Waals surface area contributed by atoms with Crippen LogP contribution < -0.4 is 5.43 Å². The summed E-state index contributed by atoms with van der Waals surface area (Å²) in [7, 11) is 0. The number of hydrogen-bond acceptors (Lipinski definition) is 6. The molecule has 1 saturated carbocycles. The van der Waals surface area contributed by atoms with Crippen LogP contribution in [0.1, 0.15) is 44.2 Å². The van der Waals surface area contributed by atoms with Crippen LogP contribution in [0.15, 0.2) is 18.2 Å². The van der Waals surface area contributed by atoms with Gasteiger partial charge in [0.2, 0.25) is 18.3 Å². The SMILES string of the molecule is O=CN(O)C[C@@H](CC1CCCC1)C(=O)N1NCC[C@H]1C(=O)Cc1cccc(F)n1. The van der Waals surface area contributed by atoms with E-state index in [4.69, 9.17) is 0 Å². The van der Waals surface area contributed by atoms with E-state index in [1.807, 2.05) is 0 Å². The van der Waals surface area contributed by atoms with E-state index in [0.29, 0.717) is 36.1 Å². The average molecular weight is 406 g/mol. The number of aromatic nitrogens is 1. The summed E-state index contributed by atoms with van der Waals surface area (Å²) in [5, 5.41) is 11.5. The molecule has 0 spiro atoms. The van der Waals surface area contributed by atoms with Crippen molar-refractivity contribution in [2.75, 3.05) is 13.1 Å². The third kappa shape index (κ3) is 5.57. The molecule has 2 amide bonds. The molecule has 0 aromatic carbocycles. The van der Waals surface area contributed by atoms with E-state index in [-0.39, 0.29) is 31.1 Å². The van der Waals surface area contributed by atoms with Gasteiger partial charge in [0.25, 0.3) is 0 Å². The van der Waals surface area contributed by atoms with Gasteiger partial charge in [0.1, 0.15) is 6.04 Å². The highest BCUT2D eigenvalue weighted by molar-refractivity contribution is 5.91. The number of pyridine rings is 1. The van der Waals surface area contributed by atoms with E-state index >= 15 is 0 Å². The summed E-state index contributed by atoms with van der Waals surface area (Å²) in [4.78, 5) is 40.5. The van der Waals surface area contributed by atoms with Gasteiger partial charge in [0.15, 0.2) is 5.78 Å². The topological polar surface area (TPSA) is 103 Å². The highest BCUT2D eigenvalue weighted by atomic mass is 19.1. The van der Waals surface area contributed by atoms with E-state index in [1.165, 1.54) is 17.1 Å². The number of hydrogen-bond donors (Lipinski definition) is 2. The van der Waals surface area contributed by atoms with Gasteiger partial charge in [-0.15, -0.1) is 0 Å². The molecule has 9 heteroatoms. The minimum atomic E-state index is -0.679. The number of hydroxylamine groups is 2. The van der Waals surface area contributed by atoms with E-state index in [2.05, 4.69) is 10.4 Å². The fourth-order valence-corrected chi connectivity index (χ4v) is 4.31. The molecule has 2 heterocycles. The summed E-state index contributed by atoms with van der Waals surface area (Å²) < 4.78 is 13.3. The van der Waals surface area contributed by atoms with Gasteiger partial charge < -0.3 is 0 Å². The van der Waals surface area contributed by atoms with Crippen LogP contribution >= 0.6 is 0 Å². The van der Waals surface area contributed by atoms with Crippen molar-refractivity contribution in [2.24, 2.45) is 11.8 Å². The average Bonchev–Trinajstić information content (AvgIpc) is 3.38. The predicted octanol–water partition coefficient (Wildman–Crippen LogP) is 1.48. The van der Waals surface area contributed by atoms with Crippen molar-refractivity contribution in [3.8, 4) is 0 Å². The zero-order valence-corrected chi connectivity index (χ0v) is 16.3. The zero-order valence-electron chi connectivity index (χ0n) is 16.3. The Labute approximate surface area is 169 Å².